The number of oxime groups is 1. The third-order valence-corrected chi connectivity index (χ3v) is 4.87. The van der Waals surface area contributed by atoms with E-state index in [-0.39, 0.29) is 30.0 Å². The lowest BCUT2D eigenvalue weighted by atomic mass is 9.83. The standard InChI is InChI=1S/C21H28N4O4/c1-6-19(26)29-24-20(21(2,3)4)17(25-13-22-12-23-25)11-16-10-14-9-15(27-5)7-8-18(14)28-16/h7-9,12-13,16-17H,6,10-11H2,1-5H3. The maximum Gasteiger partial charge on any atom is 0.334 e. The van der Waals surface area contributed by atoms with Crippen LogP contribution in [0.1, 0.15) is 52.1 Å². The number of aromatic nitrogens is 3. The molecule has 156 valence electrons. The van der Waals surface area contributed by atoms with Crippen molar-refractivity contribution in [2.45, 2.75) is 59.1 Å². The van der Waals surface area contributed by atoms with E-state index in [0.29, 0.717) is 12.1 Å². The summed E-state index contributed by atoms with van der Waals surface area (Å²) in [6.07, 6.45) is 4.70. The number of hydrogen-bond donors (Lipinski definition) is 0. The second-order valence-corrected chi connectivity index (χ2v) is 8.09. The lowest BCUT2D eigenvalue weighted by molar-refractivity contribution is -0.143. The van der Waals surface area contributed by atoms with Gasteiger partial charge in [0.1, 0.15) is 30.3 Å². The maximum absolute atomic E-state index is 11.7. The molecule has 2 aromatic rings. The van der Waals surface area contributed by atoms with Crippen LogP contribution in [0.4, 0.5) is 0 Å². The van der Waals surface area contributed by atoms with Crippen LogP contribution in [0.5, 0.6) is 11.5 Å². The van der Waals surface area contributed by atoms with Crippen LogP contribution in [0.15, 0.2) is 36.0 Å². The largest absolute Gasteiger partial charge is 0.497 e. The molecular weight excluding hydrogens is 372 g/mol. The van der Waals surface area contributed by atoms with Crippen LogP contribution in [0.3, 0.4) is 0 Å². The molecule has 3 rings (SSSR count). The highest BCUT2D eigenvalue weighted by Crippen LogP contribution is 2.36. The number of rotatable bonds is 7. The molecule has 1 aromatic carbocycles. The fourth-order valence-electron chi connectivity index (χ4n) is 3.39. The molecule has 29 heavy (non-hydrogen) atoms. The van der Waals surface area contributed by atoms with Gasteiger partial charge in [-0.2, -0.15) is 5.10 Å². The average Bonchev–Trinajstić information content (AvgIpc) is 3.34. The molecule has 0 fully saturated rings. The second-order valence-electron chi connectivity index (χ2n) is 8.09. The zero-order valence-corrected chi connectivity index (χ0v) is 17.6. The fraction of sp³-hybridized carbons (Fsp3) is 0.524. The van der Waals surface area contributed by atoms with Gasteiger partial charge in [-0.05, 0) is 18.2 Å². The first-order valence-electron chi connectivity index (χ1n) is 9.77. The van der Waals surface area contributed by atoms with Crippen molar-refractivity contribution in [3.05, 3.63) is 36.4 Å². The molecule has 0 aliphatic carbocycles. The van der Waals surface area contributed by atoms with Crippen molar-refractivity contribution >= 4 is 11.7 Å². The molecule has 8 heteroatoms. The SMILES string of the molecule is CCC(=O)ON=C(C(CC1Cc2cc(OC)ccc2O1)n1cncn1)C(C)(C)C. The molecule has 2 unspecified atom stereocenters. The van der Waals surface area contributed by atoms with E-state index in [9.17, 15) is 4.79 Å². The molecule has 0 radical (unpaired) electrons. The van der Waals surface area contributed by atoms with Crippen LogP contribution in [0.2, 0.25) is 0 Å². The molecule has 1 aromatic heterocycles. The smallest absolute Gasteiger partial charge is 0.334 e. The summed E-state index contributed by atoms with van der Waals surface area (Å²) in [5, 5.41) is 8.57. The summed E-state index contributed by atoms with van der Waals surface area (Å²) in [6, 6.07) is 5.56. The van der Waals surface area contributed by atoms with Gasteiger partial charge in [-0.25, -0.2) is 14.5 Å². The predicted molar refractivity (Wildman–Crippen MR) is 108 cm³/mol. The van der Waals surface area contributed by atoms with E-state index in [4.69, 9.17) is 14.3 Å². The monoisotopic (exact) mass is 400 g/mol. The molecule has 0 bridgehead atoms. The van der Waals surface area contributed by atoms with Crippen molar-refractivity contribution in [3.63, 3.8) is 0 Å². The molecule has 0 spiro atoms. The Kier molecular flexibility index (Phi) is 6.20. The molecule has 2 heterocycles. The Balaban J connectivity index is 1.87. The summed E-state index contributed by atoms with van der Waals surface area (Å²) in [6.45, 7) is 7.83. The van der Waals surface area contributed by atoms with E-state index in [1.807, 2.05) is 39.0 Å². The number of hydrogen-bond acceptors (Lipinski definition) is 7. The Bertz CT molecular complexity index is 871. The van der Waals surface area contributed by atoms with Crippen molar-refractivity contribution in [3.8, 4) is 11.5 Å². The maximum atomic E-state index is 11.7. The third kappa shape index (κ3) is 4.93. The number of ether oxygens (including phenoxy) is 2. The topological polar surface area (TPSA) is 87.8 Å². The molecule has 1 aliphatic heterocycles. The molecule has 0 saturated heterocycles. The van der Waals surface area contributed by atoms with E-state index < -0.39 is 0 Å². The number of benzene rings is 1. The Morgan fingerprint density at radius 1 is 1.41 bits per heavy atom. The normalized spacial score (nSPS) is 17.4. The van der Waals surface area contributed by atoms with Crippen molar-refractivity contribution in [1.29, 1.82) is 0 Å². The summed E-state index contributed by atoms with van der Waals surface area (Å²) in [5.74, 6) is 1.30. The quantitative estimate of drug-likeness (QED) is 0.401. The highest BCUT2D eigenvalue weighted by molar-refractivity contribution is 5.92. The Morgan fingerprint density at radius 3 is 2.83 bits per heavy atom. The van der Waals surface area contributed by atoms with E-state index in [1.165, 1.54) is 6.33 Å². The molecule has 8 nitrogen and oxygen atoms in total. The fourth-order valence-corrected chi connectivity index (χ4v) is 3.39. The zero-order chi connectivity index (χ0) is 21.0. The molecule has 1 aliphatic rings. The van der Waals surface area contributed by atoms with Gasteiger partial charge < -0.3 is 14.3 Å². The first-order valence-corrected chi connectivity index (χ1v) is 9.77. The number of carbonyl (C=O) groups is 1. The predicted octanol–water partition coefficient (Wildman–Crippen LogP) is 3.58. The van der Waals surface area contributed by atoms with Gasteiger partial charge >= 0.3 is 5.97 Å². The number of nitrogens with zero attached hydrogens (tertiary/aromatic N) is 4. The van der Waals surface area contributed by atoms with Gasteiger partial charge in [0.05, 0.1) is 18.9 Å². The van der Waals surface area contributed by atoms with Gasteiger partial charge in [0.15, 0.2) is 0 Å². The Labute approximate surface area is 170 Å². The van der Waals surface area contributed by atoms with E-state index >= 15 is 0 Å². The van der Waals surface area contributed by atoms with Gasteiger partial charge in [-0.1, -0.05) is 32.9 Å². The lowest BCUT2D eigenvalue weighted by Crippen LogP contribution is -2.35. The van der Waals surface area contributed by atoms with Crippen LogP contribution >= 0.6 is 0 Å². The average molecular weight is 400 g/mol. The van der Waals surface area contributed by atoms with E-state index in [0.717, 1.165) is 23.5 Å². The first-order chi connectivity index (χ1) is 13.8. The highest BCUT2D eigenvalue weighted by atomic mass is 16.7. The first kappa shape index (κ1) is 20.8. The lowest BCUT2D eigenvalue weighted by Gasteiger charge is -2.29. The van der Waals surface area contributed by atoms with Crippen molar-refractivity contribution in [2.75, 3.05) is 7.11 Å². The summed E-state index contributed by atoms with van der Waals surface area (Å²) >= 11 is 0. The summed E-state index contributed by atoms with van der Waals surface area (Å²) in [7, 11) is 1.65. The number of carbonyl (C=O) groups excluding carboxylic acids is 1. The van der Waals surface area contributed by atoms with E-state index in [2.05, 4.69) is 15.2 Å². The van der Waals surface area contributed by atoms with Gasteiger partial charge in [-0.3, -0.25) is 0 Å². The minimum absolute atomic E-state index is 0.0688. The van der Waals surface area contributed by atoms with Crippen molar-refractivity contribution in [2.24, 2.45) is 10.6 Å². The summed E-state index contributed by atoms with van der Waals surface area (Å²) in [5.41, 5.74) is 1.47. The Morgan fingerprint density at radius 2 is 2.21 bits per heavy atom. The van der Waals surface area contributed by atoms with Crippen LogP contribution in [0.25, 0.3) is 0 Å². The zero-order valence-electron chi connectivity index (χ0n) is 17.6. The van der Waals surface area contributed by atoms with Crippen LogP contribution in [-0.2, 0) is 16.1 Å². The number of fused-ring (bicyclic) bond motifs is 1. The third-order valence-electron chi connectivity index (χ3n) is 4.87. The molecule has 0 saturated carbocycles. The minimum atomic E-state index is -0.374. The van der Waals surface area contributed by atoms with Gasteiger partial charge in [0.25, 0.3) is 0 Å². The van der Waals surface area contributed by atoms with Crippen LogP contribution < -0.4 is 9.47 Å². The summed E-state index contributed by atoms with van der Waals surface area (Å²) < 4.78 is 13.2. The number of methoxy groups -OCH3 is 1. The van der Waals surface area contributed by atoms with Gasteiger partial charge in [0, 0.05) is 30.2 Å². The minimum Gasteiger partial charge on any atom is -0.497 e. The van der Waals surface area contributed by atoms with Crippen LogP contribution in [0, 0.1) is 5.41 Å². The van der Waals surface area contributed by atoms with Crippen molar-refractivity contribution < 1.29 is 19.1 Å². The summed E-state index contributed by atoms with van der Waals surface area (Å²) in [4.78, 5) is 20.9. The van der Waals surface area contributed by atoms with Gasteiger partial charge in [0.2, 0.25) is 0 Å². The Hall–Kier alpha value is -2.90. The van der Waals surface area contributed by atoms with E-state index in [1.54, 1.807) is 25.0 Å². The second kappa shape index (κ2) is 8.63. The molecule has 0 amide bonds. The van der Waals surface area contributed by atoms with Crippen LogP contribution in [-0.4, -0.2) is 39.7 Å². The molecule has 2 atom stereocenters. The molecule has 0 N–H and O–H groups in total. The highest BCUT2D eigenvalue weighted by Gasteiger charge is 2.35. The van der Waals surface area contributed by atoms with Gasteiger partial charge in [-0.15, -0.1) is 0 Å². The molecular formula is C21H28N4O4. The van der Waals surface area contributed by atoms with Crippen molar-refractivity contribution in [1.82, 2.24) is 14.8 Å².